The zero-order chi connectivity index (χ0) is 13.2. The molecule has 18 heavy (non-hydrogen) atoms. The van der Waals surface area contributed by atoms with Crippen molar-refractivity contribution in [3.8, 4) is 0 Å². The lowest BCUT2D eigenvalue weighted by molar-refractivity contribution is -0.142. The summed E-state index contributed by atoms with van der Waals surface area (Å²) in [6, 6.07) is 0.597. The van der Waals surface area contributed by atoms with Crippen molar-refractivity contribution in [1.82, 2.24) is 10.2 Å². The van der Waals surface area contributed by atoms with Crippen LogP contribution in [0.15, 0.2) is 0 Å². The first kappa shape index (κ1) is 13.8. The zero-order valence-electron chi connectivity index (χ0n) is 11.6. The summed E-state index contributed by atoms with van der Waals surface area (Å²) in [6.45, 7) is 6.60. The minimum Gasteiger partial charge on any atom is -0.481 e. The van der Waals surface area contributed by atoms with Crippen molar-refractivity contribution in [1.29, 1.82) is 0 Å². The largest absolute Gasteiger partial charge is 0.481 e. The molecule has 2 rings (SSSR count). The molecule has 0 aromatic rings. The summed E-state index contributed by atoms with van der Waals surface area (Å²) >= 11 is 0. The van der Waals surface area contributed by atoms with Crippen LogP contribution in [0.5, 0.6) is 0 Å². The molecule has 1 saturated carbocycles. The number of nitrogens with one attached hydrogen (secondary N) is 1. The van der Waals surface area contributed by atoms with Crippen LogP contribution in [0.25, 0.3) is 0 Å². The van der Waals surface area contributed by atoms with Gasteiger partial charge in [0.05, 0.1) is 5.92 Å². The van der Waals surface area contributed by atoms with E-state index < -0.39 is 5.97 Å². The van der Waals surface area contributed by atoms with Crippen molar-refractivity contribution < 1.29 is 9.90 Å². The van der Waals surface area contributed by atoms with E-state index >= 15 is 0 Å². The van der Waals surface area contributed by atoms with Crippen LogP contribution >= 0.6 is 0 Å². The third-order valence-electron chi connectivity index (χ3n) is 4.32. The average molecular weight is 254 g/mol. The summed E-state index contributed by atoms with van der Waals surface area (Å²) in [5, 5.41) is 12.7. The number of carbonyl (C=O) groups is 1. The molecule has 104 valence electrons. The number of rotatable bonds is 2. The van der Waals surface area contributed by atoms with E-state index in [1.54, 1.807) is 0 Å². The number of carboxylic acid groups (broad SMARTS) is 1. The Morgan fingerprint density at radius 2 is 1.94 bits per heavy atom. The lowest BCUT2D eigenvalue weighted by Crippen LogP contribution is -2.49. The molecule has 0 radical (unpaired) electrons. The molecule has 4 heteroatoms. The van der Waals surface area contributed by atoms with Crippen LogP contribution in [-0.4, -0.2) is 47.2 Å². The molecule has 0 spiro atoms. The van der Waals surface area contributed by atoms with Crippen LogP contribution in [0.1, 0.15) is 46.0 Å². The minimum atomic E-state index is -0.666. The van der Waals surface area contributed by atoms with Gasteiger partial charge in [0.2, 0.25) is 0 Å². The van der Waals surface area contributed by atoms with E-state index in [4.69, 9.17) is 0 Å². The molecular weight excluding hydrogens is 228 g/mol. The summed E-state index contributed by atoms with van der Waals surface area (Å²) in [5.74, 6) is -0.935. The molecule has 1 aliphatic carbocycles. The van der Waals surface area contributed by atoms with Gasteiger partial charge in [-0.05, 0) is 26.7 Å². The highest BCUT2D eigenvalue weighted by Gasteiger charge is 2.34. The molecule has 1 aliphatic heterocycles. The van der Waals surface area contributed by atoms with Crippen molar-refractivity contribution in [3.63, 3.8) is 0 Å². The normalized spacial score (nSPS) is 30.9. The van der Waals surface area contributed by atoms with E-state index in [9.17, 15) is 9.90 Å². The van der Waals surface area contributed by atoms with Gasteiger partial charge in [-0.25, -0.2) is 0 Å². The maximum absolute atomic E-state index is 11.3. The summed E-state index contributed by atoms with van der Waals surface area (Å²) in [6.07, 6.45) is 6.42. The second-order valence-corrected chi connectivity index (χ2v) is 6.52. The Morgan fingerprint density at radius 3 is 2.56 bits per heavy atom. The Bertz CT molecular complexity index is 298. The monoisotopic (exact) mass is 254 g/mol. The maximum Gasteiger partial charge on any atom is 0.309 e. The maximum atomic E-state index is 11.3. The van der Waals surface area contributed by atoms with Gasteiger partial charge in [-0.2, -0.15) is 0 Å². The second-order valence-electron chi connectivity index (χ2n) is 6.52. The SMILES string of the molecule is CC1(C)CN(C2CCCCC2)CC(C(=O)O)CN1. The second kappa shape index (κ2) is 5.57. The molecule has 0 aromatic heterocycles. The average Bonchev–Trinajstić information content (AvgIpc) is 2.49. The fraction of sp³-hybridized carbons (Fsp3) is 0.929. The van der Waals surface area contributed by atoms with Crippen LogP contribution in [-0.2, 0) is 4.79 Å². The van der Waals surface area contributed by atoms with E-state index in [1.165, 1.54) is 32.1 Å². The van der Waals surface area contributed by atoms with Crippen LogP contribution in [0, 0.1) is 5.92 Å². The van der Waals surface area contributed by atoms with Gasteiger partial charge in [0.25, 0.3) is 0 Å². The Kier molecular flexibility index (Phi) is 4.28. The van der Waals surface area contributed by atoms with Crippen molar-refractivity contribution in [2.24, 2.45) is 5.92 Å². The summed E-state index contributed by atoms with van der Waals surface area (Å²) in [7, 11) is 0. The van der Waals surface area contributed by atoms with E-state index in [0.29, 0.717) is 19.1 Å². The number of hydrogen-bond acceptors (Lipinski definition) is 3. The van der Waals surface area contributed by atoms with Gasteiger partial charge in [0.1, 0.15) is 0 Å². The van der Waals surface area contributed by atoms with Crippen molar-refractivity contribution in [2.45, 2.75) is 57.5 Å². The van der Waals surface area contributed by atoms with E-state index in [2.05, 4.69) is 24.1 Å². The number of nitrogens with zero attached hydrogens (tertiary/aromatic N) is 1. The van der Waals surface area contributed by atoms with Crippen LogP contribution in [0.4, 0.5) is 0 Å². The molecule has 1 saturated heterocycles. The Labute approximate surface area is 110 Å². The number of hydrogen-bond donors (Lipinski definition) is 2. The molecule has 2 aliphatic rings. The zero-order valence-corrected chi connectivity index (χ0v) is 11.6. The van der Waals surface area contributed by atoms with Gasteiger partial charge in [-0.1, -0.05) is 19.3 Å². The smallest absolute Gasteiger partial charge is 0.309 e. The van der Waals surface area contributed by atoms with Gasteiger partial charge >= 0.3 is 5.97 Å². The Morgan fingerprint density at radius 1 is 1.28 bits per heavy atom. The lowest BCUT2D eigenvalue weighted by Gasteiger charge is -2.37. The fourth-order valence-electron chi connectivity index (χ4n) is 3.27. The Balaban J connectivity index is 2.07. The quantitative estimate of drug-likeness (QED) is 0.787. The van der Waals surface area contributed by atoms with Crippen molar-refractivity contribution in [3.05, 3.63) is 0 Å². The van der Waals surface area contributed by atoms with Crippen molar-refractivity contribution in [2.75, 3.05) is 19.6 Å². The van der Waals surface area contributed by atoms with Gasteiger partial charge in [-0.15, -0.1) is 0 Å². The predicted octanol–water partition coefficient (Wildman–Crippen LogP) is 1.70. The molecule has 2 fully saturated rings. The minimum absolute atomic E-state index is 0.0155. The van der Waals surface area contributed by atoms with Crippen LogP contribution < -0.4 is 5.32 Å². The molecular formula is C14H26N2O2. The number of aliphatic carboxylic acids is 1. The van der Waals surface area contributed by atoms with Crippen LogP contribution in [0.3, 0.4) is 0 Å². The molecule has 1 unspecified atom stereocenters. The van der Waals surface area contributed by atoms with Gasteiger partial charge < -0.3 is 10.4 Å². The highest BCUT2D eigenvalue weighted by Crippen LogP contribution is 2.26. The third-order valence-corrected chi connectivity index (χ3v) is 4.32. The first-order chi connectivity index (χ1) is 8.48. The first-order valence-corrected chi connectivity index (χ1v) is 7.20. The van der Waals surface area contributed by atoms with E-state index in [1.807, 2.05) is 0 Å². The molecule has 1 atom stereocenters. The first-order valence-electron chi connectivity index (χ1n) is 7.20. The summed E-state index contributed by atoms with van der Waals surface area (Å²) < 4.78 is 0. The predicted molar refractivity (Wildman–Crippen MR) is 71.7 cm³/mol. The molecule has 0 aromatic carbocycles. The molecule has 4 nitrogen and oxygen atoms in total. The fourth-order valence-corrected chi connectivity index (χ4v) is 3.27. The molecule has 0 amide bonds. The van der Waals surface area contributed by atoms with Gasteiger partial charge in [0.15, 0.2) is 0 Å². The molecule has 2 N–H and O–H groups in total. The summed E-state index contributed by atoms with van der Waals surface area (Å²) in [4.78, 5) is 13.7. The highest BCUT2D eigenvalue weighted by atomic mass is 16.4. The lowest BCUT2D eigenvalue weighted by atomic mass is 9.92. The standard InChI is InChI=1S/C14H26N2O2/c1-14(2)10-16(12-6-4-3-5-7-12)9-11(8-15-14)13(17)18/h11-12,15H,3-10H2,1-2H3,(H,17,18). The van der Waals surface area contributed by atoms with Gasteiger partial charge in [0, 0.05) is 31.2 Å². The Hall–Kier alpha value is -0.610. The van der Waals surface area contributed by atoms with E-state index in [0.717, 1.165) is 6.54 Å². The topological polar surface area (TPSA) is 52.6 Å². The van der Waals surface area contributed by atoms with Crippen molar-refractivity contribution >= 4 is 5.97 Å². The molecule has 0 bridgehead atoms. The van der Waals surface area contributed by atoms with Crippen LogP contribution in [0.2, 0.25) is 0 Å². The highest BCUT2D eigenvalue weighted by molar-refractivity contribution is 5.70. The van der Waals surface area contributed by atoms with E-state index in [-0.39, 0.29) is 11.5 Å². The molecule has 1 heterocycles. The number of carboxylic acids is 1. The third kappa shape index (κ3) is 3.45. The summed E-state index contributed by atoms with van der Waals surface area (Å²) in [5.41, 5.74) is 0.0155. The van der Waals surface area contributed by atoms with Gasteiger partial charge in [-0.3, -0.25) is 9.69 Å².